The largest absolute Gasteiger partial charge is 0.348 e. The summed E-state index contributed by atoms with van der Waals surface area (Å²) in [5, 5.41) is 0. The van der Waals surface area contributed by atoms with Gasteiger partial charge >= 0.3 is 0 Å². The first-order chi connectivity index (χ1) is 10.6. The molecule has 0 bridgehead atoms. The quantitative estimate of drug-likeness (QED) is 0.536. The van der Waals surface area contributed by atoms with E-state index in [-0.39, 0.29) is 11.9 Å². The van der Waals surface area contributed by atoms with Crippen molar-refractivity contribution >= 4 is 5.78 Å². The van der Waals surface area contributed by atoms with Crippen LogP contribution >= 0.6 is 0 Å². The lowest BCUT2D eigenvalue weighted by Crippen LogP contribution is -2.21. The number of unbranched alkanes of at least 4 members (excludes halogenated alkanes) is 1. The van der Waals surface area contributed by atoms with Gasteiger partial charge in [-0.3, -0.25) is 4.79 Å². The van der Waals surface area contributed by atoms with Gasteiger partial charge in [0.2, 0.25) is 0 Å². The molecule has 3 heteroatoms. The van der Waals surface area contributed by atoms with Crippen LogP contribution < -0.4 is 0 Å². The monoisotopic (exact) mass is 302 g/mol. The van der Waals surface area contributed by atoms with Crippen LogP contribution in [0.15, 0.2) is 42.5 Å². The van der Waals surface area contributed by atoms with Gasteiger partial charge in [-0.25, -0.2) is 0 Å². The summed E-state index contributed by atoms with van der Waals surface area (Å²) >= 11 is 0. The molecule has 1 unspecified atom stereocenters. The van der Waals surface area contributed by atoms with Crippen LogP contribution in [0.2, 0.25) is 0 Å². The van der Waals surface area contributed by atoms with Crippen LogP contribution in [-0.2, 0) is 20.7 Å². The lowest BCUT2D eigenvalue weighted by molar-refractivity contribution is -0.139. The molecule has 1 aromatic carbocycles. The van der Waals surface area contributed by atoms with E-state index >= 15 is 0 Å². The van der Waals surface area contributed by atoms with Gasteiger partial charge in [-0.15, -0.1) is 0 Å². The van der Waals surface area contributed by atoms with Crippen molar-refractivity contribution < 1.29 is 14.3 Å². The van der Waals surface area contributed by atoms with Crippen molar-refractivity contribution in [1.82, 2.24) is 0 Å². The Morgan fingerprint density at radius 1 is 1.32 bits per heavy atom. The van der Waals surface area contributed by atoms with E-state index in [0.29, 0.717) is 13.0 Å². The van der Waals surface area contributed by atoms with Crippen molar-refractivity contribution in [3.8, 4) is 0 Å². The van der Waals surface area contributed by atoms with Gasteiger partial charge in [0.25, 0.3) is 0 Å². The van der Waals surface area contributed by atoms with Crippen LogP contribution in [0.5, 0.6) is 0 Å². The van der Waals surface area contributed by atoms with Crippen LogP contribution in [-0.4, -0.2) is 24.3 Å². The first-order valence-corrected chi connectivity index (χ1v) is 8.10. The maximum absolute atomic E-state index is 11.8. The van der Waals surface area contributed by atoms with Crippen molar-refractivity contribution in [3.63, 3.8) is 0 Å². The smallest absolute Gasteiger partial charge is 0.163 e. The second kappa shape index (κ2) is 8.25. The number of ketones is 1. The highest BCUT2D eigenvalue weighted by Crippen LogP contribution is 2.25. The minimum absolute atomic E-state index is 0.192. The number of ether oxygens (including phenoxy) is 2. The molecule has 2 rings (SSSR count). The predicted octanol–water partition coefficient (Wildman–Crippen LogP) is 4.07. The number of allylic oxidation sites excluding steroid dienone is 2. The Morgan fingerprint density at radius 3 is 2.77 bits per heavy atom. The third kappa shape index (κ3) is 6.12. The first kappa shape index (κ1) is 16.9. The van der Waals surface area contributed by atoms with Gasteiger partial charge in [-0.05, 0) is 51.2 Å². The molecule has 1 saturated heterocycles. The Kier molecular flexibility index (Phi) is 6.34. The van der Waals surface area contributed by atoms with E-state index in [1.165, 1.54) is 5.56 Å². The van der Waals surface area contributed by atoms with E-state index in [4.69, 9.17) is 9.47 Å². The molecule has 3 nitrogen and oxygen atoms in total. The molecule has 0 spiro atoms. The number of carbonyl (C=O) groups is 1. The molecule has 1 heterocycles. The highest BCUT2D eigenvalue weighted by molar-refractivity contribution is 5.89. The standard InChI is InChI=1S/C19H26O3/c1-19(2)21-15-18(22-19)12-8-4-7-11-17(20)14-13-16-9-5-3-6-10-16/h3,5-7,9-11,18H,4,8,12-15H2,1-2H3/b11-7+. The summed E-state index contributed by atoms with van der Waals surface area (Å²) in [4.78, 5) is 11.8. The number of aryl methyl sites for hydroxylation is 1. The summed E-state index contributed by atoms with van der Waals surface area (Å²) in [5.41, 5.74) is 1.21. The molecule has 120 valence electrons. The third-order valence-electron chi connectivity index (χ3n) is 3.77. The summed E-state index contributed by atoms with van der Waals surface area (Å²) < 4.78 is 11.3. The zero-order valence-corrected chi connectivity index (χ0v) is 13.6. The molecule has 0 N–H and O–H groups in total. The molecule has 1 fully saturated rings. The Labute approximate surface area is 133 Å². The van der Waals surface area contributed by atoms with E-state index in [9.17, 15) is 4.79 Å². The molecule has 1 atom stereocenters. The Hall–Kier alpha value is -1.45. The Balaban J connectivity index is 1.56. The van der Waals surface area contributed by atoms with Crippen LogP contribution in [0.25, 0.3) is 0 Å². The van der Waals surface area contributed by atoms with Crippen molar-refractivity contribution in [2.75, 3.05) is 6.61 Å². The molecule has 22 heavy (non-hydrogen) atoms. The van der Waals surface area contributed by atoms with E-state index in [2.05, 4.69) is 12.1 Å². The third-order valence-corrected chi connectivity index (χ3v) is 3.77. The first-order valence-electron chi connectivity index (χ1n) is 8.10. The molecule has 0 aromatic heterocycles. The molecule has 1 aliphatic heterocycles. The maximum atomic E-state index is 11.8. The fourth-order valence-corrected chi connectivity index (χ4v) is 2.58. The SMILES string of the molecule is CC1(C)OCC(CCC/C=C/C(=O)CCc2ccccc2)O1. The van der Waals surface area contributed by atoms with Gasteiger partial charge in [0.05, 0.1) is 12.7 Å². The number of hydrogen-bond donors (Lipinski definition) is 0. The maximum Gasteiger partial charge on any atom is 0.163 e. The number of carbonyl (C=O) groups excluding carboxylic acids is 1. The Morgan fingerprint density at radius 2 is 2.09 bits per heavy atom. The van der Waals surface area contributed by atoms with Gasteiger partial charge < -0.3 is 9.47 Å². The molecule has 1 aliphatic rings. The number of benzene rings is 1. The summed E-state index contributed by atoms with van der Waals surface area (Å²) in [6.07, 6.45) is 8.20. The van der Waals surface area contributed by atoms with Gasteiger partial charge in [-0.1, -0.05) is 36.4 Å². The fourth-order valence-electron chi connectivity index (χ4n) is 2.58. The fraction of sp³-hybridized carbons (Fsp3) is 0.526. The second-order valence-corrected chi connectivity index (χ2v) is 6.24. The van der Waals surface area contributed by atoms with Crippen molar-refractivity contribution in [1.29, 1.82) is 0 Å². The van der Waals surface area contributed by atoms with Crippen LogP contribution in [0, 0.1) is 0 Å². The van der Waals surface area contributed by atoms with Crippen LogP contribution in [0.3, 0.4) is 0 Å². The van der Waals surface area contributed by atoms with Gasteiger partial charge in [0.1, 0.15) is 0 Å². The van der Waals surface area contributed by atoms with Gasteiger partial charge in [-0.2, -0.15) is 0 Å². The van der Waals surface area contributed by atoms with Crippen molar-refractivity contribution in [3.05, 3.63) is 48.0 Å². The van der Waals surface area contributed by atoms with E-state index in [1.807, 2.05) is 38.1 Å². The minimum Gasteiger partial charge on any atom is -0.348 e. The van der Waals surface area contributed by atoms with Crippen LogP contribution in [0.4, 0.5) is 0 Å². The second-order valence-electron chi connectivity index (χ2n) is 6.24. The summed E-state index contributed by atoms with van der Waals surface area (Å²) in [5.74, 6) is -0.237. The van der Waals surface area contributed by atoms with Crippen LogP contribution in [0.1, 0.15) is 45.1 Å². The zero-order valence-electron chi connectivity index (χ0n) is 13.6. The van der Waals surface area contributed by atoms with E-state index in [0.717, 1.165) is 25.7 Å². The highest BCUT2D eigenvalue weighted by atomic mass is 16.7. The molecule has 0 aliphatic carbocycles. The summed E-state index contributed by atoms with van der Waals surface area (Å²) in [6.45, 7) is 4.56. The molecule has 0 radical (unpaired) electrons. The number of hydrogen-bond acceptors (Lipinski definition) is 3. The molecule has 1 aromatic rings. The molecular weight excluding hydrogens is 276 g/mol. The lowest BCUT2D eigenvalue weighted by Gasteiger charge is -2.16. The Bertz CT molecular complexity index is 491. The number of rotatable bonds is 8. The average Bonchev–Trinajstić information content (AvgIpc) is 2.85. The predicted molar refractivity (Wildman–Crippen MR) is 87.7 cm³/mol. The van der Waals surface area contributed by atoms with E-state index in [1.54, 1.807) is 6.08 Å². The lowest BCUT2D eigenvalue weighted by atomic mass is 10.1. The van der Waals surface area contributed by atoms with E-state index < -0.39 is 5.79 Å². The molecular formula is C19H26O3. The highest BCUT2D eigenvalue weighted by Gasteiger charge is 2.31. The van der Waals surface area contributed by atoms with Crippen molar-refractivity contribution in [2.45, 2.75) is 57.8 Å². The summed E-state index contributed by atoms with van der Waals surface area (Å²) in [6, 6.07) is 10.1. The van der Waals surface area contributed by atoms with Crippen molar-refractivity contribution in [2.24, 2.45) is 0 Å². The zero-order chi connectivity index (χ0) is 15.8. The summed E-state index contributed by atoms with van der Waals surface area (Å²) in [7, 11) is 0. The van der Waals surface area contributed by atoms with Gasteiger partial charge in [0.15, 0.2) is 11.6 Å². The normalized spacial score (nSPS) is 20.5. The minimum atomic E-state index is -0.437. The van der Waals surface area contributed by atoms with Gasteiger partial charge in [0, 0.05) is 6.42 Å². The topological polar surface area (TPSA) is 35.5 Å². The average molecular weight is 302 g/mol. The molecule has 0 saturated carbocycles. The molecule has 0 amide bonds.